The van der Waals surface area contributed by atoms with Gasteiger partial charge in [0.1, 0.15) is 41.4 Å². The van der Waals surface area contributed by atoms with Gasteiger partial charge in [-0.15, -0.1) is 0 Å². The molecule has 0 amide bonds. The molecule has 4 rings (SSSR count). The zero-order valence-corrected chi connectivity index (χ0v) is 17.1. The van der Waals surface area contributed by atoms with Crippen LogP contribution in [-0.2, 0) is 9.53 Å². The van der Waals surface area contributed by atoms with Crippen molar-refractivity contribution < 1.29 is 68.7 Å². The predicted molar refractivity (Wildman–Crippen MR) is 89.2 cm³/mol. The molecule has 2 heterocycles. The minimum Gasteiger partial charge on any atom is -0.547 e. The summed E-state index contributed by atoms with van der Waals surface area (Å²) in [6.45, 7) is 0. The van der Waals surface area contributed by atoms with Gasteiger partial charge in [-0.05, 0) is 24.3 Å². The third kappa shape index (κ3) is 4.14. The van der Waals surface area contributed by atoms with Crippen molar-refractivity contribution in [3.8, 4) is 17.2 Å². The molecule has 2 aliphatic heterocycles. The van der Waals surface area contributed by atoms with Crippen LogP contribution in [0.4, 0.5) is 0 Å². The molecule has 29 heavy (non-hydrogen) atoms. The Morgan fingerprint density at radius 2 is 1.83 bits per heavy atom. The molecule has 1 aromatic carbocycles. The fourth-order valence-electron chi connectivity index (χ4n) is 2.93. The van der Waals surface area contributed by atoms with E-state index in [0.29, 0.717) is 11.2 Å². The molecular weight excluding hydrogens is 397 g/mol. The summed E-state index contributed by atoms with van der Waals surface area (Å²) >= 11 is 0. The number of hydrogen-bond donors (Lipinski definition) is 3. The number of aromatic nitrogens is 1. The number of ether oxygens (including phenoxy) is 2. The Hall–Kier alpha value is -2.05. The SMILES string of the molecule is O=C([O-])C1OC(Oc2ccc3nc4ccc(=O)cc-4oc3c2)C(O)C(O)C1O.[Na+]. The Kier molecular flexibility index (Phi) is 6.24. The minimum absolute atomic E-state index is 0. The molecule has 3 N–H and O–H groups in total. The summed E-state index contributed by atoms with van der Waals surface area (Å²) in [5.74, 6) is -1.38. The van der Waals surface area contributed by atoms with E-state index in [9.17, 15) is 30.0 Å². The van der Waals surface area contributed by atoms with E-state index in [2.05, 4.69) is 4.98 Å². The number of carboxylic acid groups (broad SMARTS) is 1. The van der Waals surface area contributed by atoms with Gasteiger partial charge in [0.15, 0.2) is 16.8 Å². The number of carbonyl (C=O) groups is 1. The summed E-state index contributed by atoms with van der Waals surface area (Å²) in [5, 5.41) is 40.5. The largest absolute Gasteiger partial charge is 1.00 e. The number of benzene rings is 2. The number of carboxylic acids is 1. The van der Waals surface area contributed by atoms with Gasteiger partial charge in [0.05, 0.1) is 5.97 Å². The van der Waals surface area contributed by atoms with Crippen LogP contribution in [0.3, 0.4) is 0 Å². The quantitative estimate of drug-likeness (QED) is 0.282. The molecule has 1 fully saturated rings. The van der Waals surface area contributed by atoms with Gasteiger partial charge in [0.2, 0.25) is 6.29 Å². The van der Waals surface area contributed by atoms with Crippen molar-refractivity contribution in [3.63, 3.8) is 0 Å². The van der Waals surface area contributed by atoms with Gasteiger partial charge in [0.25, 0.3) is 0 Å². The van der Waals surface area contributed by atoms with Crippen LogP contribution in [-0.4, -0.2) is 57.0 Å². The first-order valence-corrected chi connectivity index (χ1v) is 8.25. The van der Waals surface area contributed by atoms with E-state index in [1.165, 1.54) is 30.3 Å². The number of aliphatic carboxylic acids is 1. The average Bonchev–Trinajstić information content (AvgIpc) is 2.66. The summed E-state index contributed by atoms with van der Waals surface area (Å²) in [4.78, 5) is 26.9. The number of aliphatic hydroxyl groups excluding tert-OH is 3. The van der Waals surface area contributed by atoms with E-state index >= 15 is 0 Å². The van der Waals surface area contributed by atoms with Crippen molar-refractivity contribution >= 4 is 17.1 Å². The summed E-state index contributed by atoms with van der Waals surface area (Å²) in [6.07, 6.45) is -8.86. The van der Waals surface area contributed by atoms with Crippen LogP contribution in [0.5, 0.6) is 5.75 Å². The van der Waals surface area contributed by atoms with Gasteiger partial charge in [-0.1, -0.05) is 0 Å². The number of hydrogen-bond acceptors (Lipinski definition) is 10. The maximum Gasteiger partial charge on any atom is 1.00 e. The van der Waals surface area contributed by atoms with E-state index in [1.54, 1.807) is 6.07 Å². The number of nitrogens with zero attached hydrogens (tertiary/aromatic N) is 1. The number of carbonyl (C=O) groups excluding carboxylic acids is 1. The third-order valence-electron chi connectivity index (χ3n) is 4.38. The Balaban J connectivity index is 0.00000240. The molecule has 146 valence electrons. The molecule has 0 aromatic heterocycles. The van der Waals surface area contributed by atoms with Crippen molar-refractivity contribution in [2.75, 3.05) is 0 Å². The van der Waals surface area contributed by atoms with E-state index < -0.39 is 36.7 Å². The summed E-state index contributed by atoms with van der Waals surface area (Å²) in [6, 6.07) is 8.61. The van der Waals surface area contributed by atoms with Crippen LogP contribution in [0.15, 0.2) is 45.6 Å². The van der Waals surface area contributed by atoms with E-state index in [1.807, 2.05) is 0 Å². The second-order valence-corrected chi connectivity index (χ2v) is 6.31. The standard InChI is InChI=1S/C18H15NO9.Na/c20-7-1-3-9-11(5-7)27-12-6-8(2-4-10(12)19-9)26-18-15(23)13(21)14(22)16(28-18)17(24)25;/h1-6,13-16,18,21-23H,(H,24,25);/q;+1/p-1. The van der Waals surface area contributed by atoms with Crippen molar-refractivity contribution in [2.45, 2.75) is 30.7 Å². The zero-order valence-electron chi connectivity index (χ0n) is 15.1. The fraction of sp³-hybridized carbons (Fsp3) is 0.278. The van der Waals surface area contributed by atoms with Gasteiger partial charge >= 0.3 is 29.6 Å². The Morgan fingerprint density at radius 3 is 2.55 bits per heavy atom. The first kappa shape index (κ1) is 21.7. The van der Waals surface area contributed by atoms with Crippen LogP contribution < -0.4 is 44.8 Å². The second kappa shape index (κ2) is 8.36. The van der Waals surface area contributed by atoms with Crippen LogP contribution in [0, 0.1) is 0 Å². The van der Waals surface area contributed by atoms with Crippen molar-refractivity contribution in [1.82, 2.24) is 4.98 Å². The molecule has 3 aliphatic rings. The monoisotopic (exact) mass is 411 g/mol. The van der Waals surface area contributed by atoms with E-state index in [0.717, 1.165) is 0 Å². The molecule has 1 saturated heterocycles. The fourth-order valence-corrected chi connectivity index (χ4v) is 2.93. The smallest absolute Gasteiger partial charge is 0.547 e. The van der Waals surface area contributed by atoms with Gasteiger partial charge < -0.3 is 39.1 Å². The van der Waals surface area contributed by atoms with Crippen LogP contribution >= 0.6 is 0 Å². The normalized spacial score (nSPS) is 26.8. The van der Waals surface area contributed by atoms with Crippen molar-refractivity contribution in [1.29, 1.82) is 0 Å². The minimum atomic E-state index is -1.88. The molecule has 5 unspecified atom stereocenters. The van der Waals surface area contributed by atoms with E-state index in [-0.39, 0.29) is 52.1 Å². The maximum absolute atomic E-state index is 11.5. The van der Waals surface area contributed by atoms with Crippen LogP contribution in [0.25, 0.3) is 22.6 Å². The molecule has 0 spiro atoms. The topological polar surface area (TPSA) is 162 Å². The Bertz CT molecular complexity index is 1070. The first-order valence-electron chi connectivity index (χ1n) is 8.25. The maximum atomic E-state index is 11.5. The number of rotatable bonds is 3. The van der Waals surface area contributed by atoms with Gasteiger partial charge in [-0.3, -0.25) is 4.79 Å². The zero-order chi connectivity index (χ0) is 20.0. The molecule has 1 aromatic rings. The van der Waals surface area contributed by atoms with Crippen molar-refractivity contribution in [2.24, 2.45) is 0 Å². The molecular formula is C18H14NNaO9. The average molecular weight is 411 g/mol. The second-order valence-electron chi connectivity index (χ2n) is 6.31. The van der Waals surface area contributed by atoms with Gasteiger partial charge in [-0.25, -0.2) is 4.98 Å². The first-order chi connectivity index (χ1) is 13.3. The molecule has 0 bridgehead atoms. The van der Waals surface area contributed by atoms with Gasteiger partial charge in [0, 0.05) is 12.1 Å². The van der Waals surface area contributed by atoms with E-state index in [4.69, 9.17) is 13.9 Å². The van der Waals surface area contributed by atoms with Crippen LogP contribution in [0.1, 0.15) is 0 Å². The number of fused-ring (bicyclic) bond motifs is 2. The van der Waals surface area contributed by atoms with Gasteiger partial charge in [-0.2, -0.15) is 0 Å². The summed E-state index contributed by atoms with van der Waals surface area (Å²) in [7, 11) is 0. The Labute approximate surface area is 184 Å². The van der Waals surface area contributed by atoms with Crippen molar-refractivity contribution in [3.05, 3.63) is 46.6 Å². The molecule has 11 heteroatoms. The molecule has 1 aliphatic carbocycles. The molecule has 10 nitrogen and oxygen atoms in total. The molecule has 5 atom stereocenters. The molecule has 0 radical (unpaired) electrons. The number of aliphatic hydroxyl groups is 3. The van der Waals surface area contributed by atoms with Crippen LogP contribution in [0.2, 0.25) is 0 Å². The summed E-state index contributed by atoms with van der Waals surface area (Å²) < 4.78 is 16.1. The predicted octanol–water partition coefficient (Wildman–Crippen LogP) is -4.77. The third-order valence-corrected chi connectivity index (χ3v) is 4.38. The Morgan fingerprint density at radius 1 is 1.07 bits per heavy atom. The summed E-state index contributed by atoms with van der Waals surface area (Å²) in [5.41, 5.74) is 0.967. The molecule has 0 saturated carbocycles.